The van der Waals surface area contributed by atoms with E-state index in [0.717, 1.165) is 5.56 Å². The third-order valence-corrected chi connectivity index (χ3v) is 3.90. The van der Waals surface area contributed by atoms with Crippen molar-refractivity contribution < 1.29 is 19.1 Å². The van der Waals surface area contributed by atoms with E-state index in [-0.39, 0.29) is 12.6 Å². The highest BCUT2D eigenvalue weighted by Crippen LogP contribution is 2.09. The van der Waals surface area contributed by atoms with Crippen LogP contribution in [0.4, 0.5) is 4.79 Å². The average Bonchev–Trinajstić information content (AvgIpc) is 2.49. The maximum Gasteiger partial charge on any atom is 0.325 e. The molecule has 0 saturated carbocycles. The molecule has 1 N–H and O–H groups in total. The Bertz CT molecular complexity index is 521. The average molecular weight is 371 g/mol. The van der Waals surface area contributed by atoms with Gasteiger partial charge in [-0.15, -0.1) is 0 Å². The Morgan fingerprint density at radius 2 is 1.91 bits per heavy atom. The van der Waals surface area contributed by atoms with Crippen molar-refractivity contribution in [2.75, 3.05) is 26.5 Å². The van der Waals surface area contributed by atoms with Gasteiger partial charge in [0.15, 0.2) is 0 Å². The van der Waals surface area contributed by atoms with Gasteiger partial charge in [-0.1, -0.05) is 45.8 Å². The lowest BCUT2D eigenvalue weighted by Crippen LogP contribution is -2.55. The number of imide groups is 1. The van der Waals surface area contributed by atoms with Crippen LogP contribution in [0.1, 0.15) is 11.1 Å². The van der Waals surface area contributed by atoms with Crippen LogP contribution in [-0.2, 0) is 20.9 Å². The van der Waals surface area contributed by atoms with Crippen LogP contribution < -0.4 is 5.32 Å². The molecule has 1 atom stereocenters. The highest BCUT2D eigenvalue weighted by molar-refractivity contribution is 9.10. The summed E-state index contributed by atoms with van der Waals surface area (Å²) in [5, 5.41) is 2.25. The molecule has 2 rings (SSSR count). The lowest BCUT2D eigenvalue weighted by Gasteiger charge is -2.29. The summed E-state index contributed by atoms with van der Waals surface area (Å²) in [4.78, 5) is 23.8. The second-order valence-electron chi connectivity index (χ2n) is 5.06. The number of rotatable bonds is 7. The molecule has 22 heavy (non-hydrogen) atoms. The lowest BCUT2D eigenvalue weighted by molar-refractivity contribution is -0.121. The van der Waals surface area contributed by atoms with Gasteiger partial charge in [0.1, 0.15) is 11.6 Å². The third kappa shape index (κ3) is 5.08. The Labute approximate surface area is 137 Å². The van der Waals surface area contributed by atoms with E-state index in [1.54, 1.807) is 0 Å². The van der Waals surface area contributed by atoms with Crippen LogP contribution in [0.5, 0.6) is 0 Å². The minimum Gasteiger partial charge on any atom is -0.374 e. The SMILES string of the molecule is Cc1ccc(COCCOCN2CC(Br)C(=O)NC2=O)cc1. The number of benzene rings is 1. The summed E-state index contributed by atoms with van der Waals surface area (Å²) >= 11 is 3.20. The molecule has 1 aromatic carbocycles. The third-order valence-electron chi connectivity index (χ3n) is 3.19. The van der Waals surface area contributed by atoms with Crippen molar-refractivity contribution in [3.05, 3.63) is 35.4 Å². The second kappa shape index (κ2) is 8.26. The molecule has 6 nitrogen and oxygen atoms in total. The summed E-state index contributed by atoms with van der Waals surface area (Å²) in [5.74, 6) is -0.317. The summed E-state index contributed by atoms with van der Waals surface area (Å²) in [6.45, 7) is 3.84. The largest absolute Gasteiger partial charge is 0.374 e. The Morgan fingerprint density at radius 3 is 2.64 bits per heavy atom. The summed E-state index contributed by atoms with van der Waals surface area (Å²) in [5.41, 5.74) is 2.33. The van der Waals surface area contributed by atoms with Gasteiger partial charge >= 0.3 is 6.03 Å². The van der Waals surface area contributed by atoms with E-state index in [1.165, 1.54) is 10.5 Å². The molecule has 0 aliphatic carbocycles. The highest BCUT2D eigenvalue weighted by Gasteiger charge is 2.30. The molecule has 7 heteroatoms. The van der Waals surface area contributed by atoms with Crippen LogP contribution in [-0.4, -0.2) is 48.2 Å². The van der Waals surface area contributed by atoms with E-state index >= 15 is 0 Å². The Hall–Kier alpha value is -1.44. The number of hydrogen-bond acceptors (Lipinski definition) is 4. The number of carbonyl (C=O) groups excluding carboxylic acids is 2. The molecule has 1 unspecified atom stereocenters. The van der Waals surface area contributed by atoms with Crippen LogP contribution in [0.25, 0.3) is 0 Å². The molecule has 0 radical (unpaired) electrons. The molecular formula is C15H19BrN2O4. The van der Waals surface area contributed by atoms with Crippen LogP contribution in [0.15, 0.2) is 24.3 Å². The van der Waals surface area contributed by atoms with Crippen LogP contribution in [0.3, 0.4) is 0 Å². The Kier molecular flexibility index (Phi) is 6.35. The molecule has 1 fully saturated rings. The number of alkyl halides is 1. The second-order valence-corrected chi connectivity index (χ2v) is 6.17. The summed E-state index contributed by atoms with van der Waals surface area (Å²) < 4.78 is 10.9. The number of hydrogen-bond donors (Lipinski definition) is 1. The quantitative estimate of drug-likeness (QED) is 0.586. The van der Waals surface area contributed by atoms with E-state index < -0.39 is 10.9 Å². The van der Waals surface area contributed by atoms with Gasteiger partial charge in [-0.05, 0) is 12.5 Å². The van der Waals surface area contributed by atoms with Crippen LogP contribution in [0, 0.1) is 6.92 Å². The van der Waals surface area contributed by atoms with Crippen molar-refractivity contribution >= 4 is 27.9 Å². The highest BCUT2D eigenvalue weighted by atomic mass is 79.9. The number of carbonyl (C=O) groups is 2. The predicted octanol–water partition coefficient (Wildman–Crippen LogP) is 1.80. The Morgan fingerprint density at radius 1 is 1.23 bits per heavy atom. The van der Waals surface area contributed by atoms with Gasteiger partial charge in [-0.3, -0.25) is 15.0 Å². The Balaban J connectivity index is 1.58. The minimum atomic E-state index is -0.429. The fourth-order valence-corrected chi connectivity index (χ4v) is 2.36. The van der Waals surface area contributed by atoms with Crippen molar-refractivity contribution in [2.24, 2.45) is 0 Å². The number of nitrogens with zero attached hydrogens (tertiary/aromatic N) is 1. The van der Waals surface area contributed by atoms with E-state index in [0.29, 0.717) is 26.4 Å². The number of halogens is 1. The van der Waals surface area contributed by atoms with Gasteiger partial charge in [0.25, 0.3) is 0 Å². The van der Waals surface area contributed by atoms with Crippen LogP contribution in [0.2, 0.25) is 0 Å². The summed E-state index contributed by atoms with van der Waals surface area (Å²) in [6.07, 6.45) is 0. The lowest BCUT2D eigenvalue weighted by atomic mass is 10.2. The standard InChI is InChI=1S/C15H19BrN2O4/c1-11-2-4-12(5-3-11)9-21-6-7-22-10-18-8-13(16)14(19)17-15(18)20/h2-5,13H,6-10H2,1H3,(H,17,19,20). The van der Waals surface area contributed by atoms with Gasteiger partial charge in [0.05, 0.1) is 19.8 Å². The number of urea groups is 1. The normalized spacial score (nSPS) is 18.5. The molecule has 1 aromatic rings. The van der Waals surface area contributed by atoms with Crippen molar-refractivity contribution in [3.8, 4) is 0 Å². The first kappa shape index (κ1) is 16.9. The van der Waals surface area contributed by atoms with E-state index in [2.05, 4.69) is 21.2 Å². The molecule has 0 bridgehead atoms. The predicted molar refractivity (Wildman–Crippen MR) is 84.6 cm³/mol. The minimum absolute atomic E-state index is 0.134. The molecule has 1 aliphatic heterocycles. The van der Waals surface area contributed by atoms with Crippen molar-refractivity contribution in [1.29, 1.82) is 0 Å². The summed E-state index contributed by atoms with van der Waals surface area (Å²) in [6, 6.07) is 7.72. The van der Waals surface area contributed by atoms with E-state index in [4.69, 9.17) is 9.47 Å². The first-order chi connectivity index (χ1) is 10.6. The molecule has 0 spiro atoms. The van der Waals surface area contributed by atoms with E-state index in [9.17, 15) is 9.59 Å². The van der Waals surface area contributed by atoms with Crippen molar-refractivity contribution in [1.82, 2.24) is 10.2 Å². The van der Waals surface area contributed by atoms with Crippen molar-refractivity contribution in [3.63, 3.8) is 0 Å². The van der Waals surface area contributed by atoms with Crippen LogP contribution >= 0.6 is 15.9 Å². The number of amides is 3. The monoisotopic (exact) mass is 370 g/mol. The first-order valence-corrected chi connectivity index (χ1v) is 7.92. The van der Waals surface area contributed by atoms with Gasteiger partial charge in [-0.25, -0.2) is 4.79 Å². The van der Waals surface area contributed by atoms with Gasteiger partial charge in [-0.2, -0.15) is 0 Å². The molecule has 1 aliphatic rings. The van der Waals surface area contributed by atoms with Gasteiger partial charge in [0, 0.05) is 6.54 Å². The maximum absolute atomic E-state index is 11.5. The fraction of sp³-hybridized carbons (Fsp3) is 0.467. The number of nitrogens with one attached hydrogen (secondary N) is 1. The number of ether oxygens (including phenoxy) is 2. The zero-order valence-electron chi connectivity index (χ0n) is 12.4. The molecule has 3 amide bonds. The van der Waals surface area contributed by atoms with Gasteiger partial charge in [0.2, 0.25) is 5.91 Å². The zero-order chi connectivity index (χ0) is 15.9. The molecule has 1 heterocycles. The van der Waals surface area contributed by atoms with E-state index in [1.807, 2.05) is 31.2 Å². The molecular weight excluding hydrogens is 352 g/mol. The summed E-state index contributed by atoms with van der Waals surface area (Å²) in [7, 11) is 0. The molecule has 120 valence electrons. The zero-order valence-corrected chi connectivity index (χ0v) is 14.0. The molecule has 1 saturated heterocycles. The smallest absolute Gasteiger partial charge is 0.325 e. The van der Waals surface area contributed by atoms with Gasteiger partial charge < -0.3 is 9.47 Å². The fourth-order valence-electron chi connectivity index (χ4n) is 1.90. The maximum atomic E-state index is 11.5. The molecule has 0 aromatic heterocycles. The number of aryl methyl sites for hydroxylation is 1. The first-order valence-electron chi connectivity index (χ1n) is 7.01. The topological polar surface area (TPSA) is 67.9 Å². The van der Waals surface area contributed by atoms with Crippen molar-refractivity contribution in [2.45, 2.75) is 18.4 Å².